The zero-order valence-corrected chi connectivity index (χ0v) is 11.4. The molecule has 0 aliphatic carbocycles. The molecule has 0 radical (unpaired) electrons. The van der Waals surface area contributed by atoms with Crippen LogP contribution in [0.4, 0.5) is 4.39 Å². The van der Waals surface area contributed by atoms with Crippen molar-refractivity contribution >= 4 is 11.6 Å². The molecular formula is C14H14ClFN2O. The van der Waals surface area contributed by atoms with Crippen LogP contribution in [-0.2, 0) is 6.42 Å². The number of aliphatic hydroxyl groups is 1. The van der Waals surface area contributed by atoms with Crippen LogP contribution in [0, 0.1) is 19.7 Å². The van der Waals surface area contributed by atoms with Crippen LogP contribution >= 0.6 is 11.6 Å². The maximum atomic E-state index is 13.3. The zero-order chi connectivity index (χ0) is 14.0. The van der Waals surface area contributed by atoms with Crippen LogP contribution in [0.3, 0.4) is 0 Å². The van der Waals surface area contributed by atoms with Gasteiger partial charge in [-0.3, -0.25) is 0 Å². The maximum Gasteiger partial charge on any atom is 0.142 e. The molecule has 1 aromatic carbocycles. The number of aryl methyl sites for hydroxylation is 2. The highest BCUT2D eigenvalue weighted by Crippen LogP contribution is 2.23. The Balaban J connectivity index is 2.22. The van der Waals surface area contributed by atoms with E-state index in [1.165, 1.54) is 12.1 Å². The summed E-state index contributed by atoms with van der Waals surface area (Å²) in [6, 6.07) is 6.31. The van der Waals surface area contributed by atoms with E-state index in [0.29, 0.717) is 23.2 Å². The van der Waals surface area contributed by atoms with Crippen LogP contribution in [0.25, 0.3) is 0 Å². The van der Waals surface area contributed by atoms with Gasteiger partial charge in [0, 0.05) is 12.0 Å². The Bertz CT molecular complexity index is 604. The fourth-order valence-electron chi connectivity index (χ4n) is 1.91. The van der Waals surface area contributed by atoms with E-state index in [0.717, 1.165) is 5.69 Å². The standard InChI is InChI=1S/C14H14ClFN2O/c1-8-5-11(9(2)18-17-8)14(19)7-10-3-4-12(15)13(16)6-10/h3-6,14,19H,7H2,1-2H3. The van der Waals surface area contributed by atoms with Crippen molar-refractivity contribution in [3.05, 3.63) is 57.6 Å². The van der Waals surface area contributed by atoms with E-state index in [9.17, 15) is 9.50 Å². The second kappa shape index (κ2) is 5.63. The van der Waals surface area contributed by atoms with Gasteiger partial charge in [-0.25, -0.2) is 4.39 Å². The van der Waals surface area contributed by atoms with E-state index in [1.807, 2.05) is 6.92 Å². The fourth-order valence-corrected chi connectivity index (χ4v) is 2.02. The lowest BCUT2D eigenvalue weighted by atomic mass is 10.0. The van der Waals surface area contributed by atoms with Gasteiger partial charge in [-0.1, -0.05) is 17.7 Å². The summed E-state index contributed by atoms with van der Waals surface area (Å²) in [5.74, 6) is -0.480. The molecule has 2 aromatic rings. The van der Waals surface area contributed by atoms with Gasteiger partial charge in [0.2, 0.25) is 0 Å². The van der Waals surface area contributed by atoms with Crippen molar-refractivity contribution in [2.24, 2.45) is 0 Å². The van der Waals surface area contributed by atoms with Crippen LogP contribution in [0.15, 0.2) is 24.3 Å². The van der Waals surface area contributed by atoms with E-state index >= 15 is 0 Å². The lowest BCUT2D eigenvalue weighted by Gasteiger charge is -2.13. The van der Waals surface area contributed by atoms with Gasteiger partial charge in [0.05, 0.1) is 22.5 Å². The SMILES string of the molecule is Cc1cc(C(O)Cc2ccc(Cl)c(F)c2)c(C)nn1. The van der Waals surface area contributed by atoms with Crippen molar-refractivity contribution in [3.8, 4) is 0 Å². The van der Waals surface area contributed by atoms with Crippen LogP contribution in [-0.4, -0.2) is 15.3 Å². The van der Waals surface area contributed by atoms with Crippen LogP contribution in [0.5, 0.6) is 0 Å². The molecule has 3 nitrogen and oxygen atoms in total. The first kappa shape index (κ1) is 13.9. The topological polar surface area (TPSA) is 46.0 Å². The highest BCUT2D eigenvalue weighted by molar-refractivity contribution is 6.30. The van der Waals surface area contributed by atoms with Crippen LogP contribution in [0.1, 0.15) is 28.6 Å². The molecule has 1 heterocycles. The zero-order valence-electron chi connectivity index (χ0n) is 10.7. The maximum absolute atomic E-state index is 13.3. The first-order valence-corrected chi connectivity index (χ1v) is 6.28. The van der Waals surface area contributed by atoms with E-state index in [2.05, 4.69) is 10.2 Å². The van der Waals surface area contributed by atoms with E-state index in [-0.39, 0.29) is 5.02 Å². The lowest BCUT2D eigenvalue weighted by Crippen LogP contribution is -2.07. The van der Waals surface area contributed by atoms with Crippen molar-refractivity contribution < 1.29 is 9.50 Å². The van der Waals surface area contributed by atoms with Crippen molar-refractivity contribution in [3.63, 3.8) is 0 Å². The Labute approximate surface area is 116 Å². The summed E-state index contributed by atoms with van der Waals surface area (Å²) in [5, 5.41) is 18.2. The largest absolute Gasteiger partial charge is 0.388 e. The Hall–Kier alpha value is -1.52. The molecule has 0 spiro atoms. The third kappa shape index (κ3) is 3.28. The number of halogens is 2. The smallest absolute Gasteiger partial charge is 0.142 e. The summed E-state index contributed by atoms with van der Waals surface area (Å²) in [6.07, 6.45) is -0.435. The Morgan fingerprint density at radius 2 is 2.00 bits per heavy atom. The number of aromatic nitrogens is 2. The first-order valence-electron chi connectivity index (χ1n) is 5.90. The Morgan fingerprint density at radius 3 is 2.68 bits per heavy atom. The molecule has 1 N–H and O–H groups in total. The number of hydrogen-bond acceptors (Lipinski definition) is 3. The van der Waals surface area contributed by atoms with Gasteiger partial charge in [0.25, 0.3) is 0 Å². The van der Waals surface area contributed by atoms with Gasteiger partial charge >= 0.3 is 0 Å². The van der Waals surface area contributed by atoms with Gasteiger partial charge in [-0.15, -0.1) is 0 Å². The van der Waals surface area contributed by atoms with E-state index < -0.39 is 11.9 Å². The highest BCUT2D eigenvalue weighted by Gasteiger charge is 2.14. The third-order valence-corrected chi connectivity index (χ3v) is 3.22. The van der Waals surface area contributed by atoms with Gasteiger partial charge in [-0.2, -0.15) is 10.2 Å². The predicted octanol–water partition coefficient (Wildman–Crippen LogP) is 3.16. The average molecular weight is 281 g/mol. The molecule has 1 atom stereocenters. The van der Waals surface area contributed by atoms with Crippen molar-refractivity contribution in [1.29, 1.82) is 0 Å². The summed E-state index contributed by atoms with van der Waals surface area (Å²) >= 11 is 5.62. The van der Waals surface area contributed by atoms with E-state index in [4.69, 9.17) is 11.6 Å². The number of aliphatic hydroxyl groups excluding tert-OH is 1. The summed E-state index contributed by atoms with van der Waals surface area (Å²) in [4.78, 5) is 0. The molecule has 19 heavy (non-hydrogen) atoms. The normalized spacial score (nSPS) is 12.5. The molecular weight excluding hydrogens is 267 g/mol. The highest BCUT2D eigenvalue weighted by atomic mass is 35.5. The summed E-state index contributed by atoms with van der Waals surface area (Å²) in [6.45, 7) is 3.60. The van der Waals surface area contributed by atoms with Gasteiger partial charge in [0.1, 0.15) is 5.82 Å². The number of benzene rings is 1. The second-order valence-corrected chi connectivity index (χ2v) is 4.90. The van der Waals surface area contributed by atoms with Crippen molar-refractivity contribution in [2.75, 3.05) is 0 Å². The van der Waals surface area contributed by atoms with E-state index in [1.54, 1.807) is 19.1 Å². The number of hydrogen-bond donors (Lipinski definition) is 1. The van der Waals surface area contributed by atoms with Gasteiger partial charge in [0.15, 0.2) is 0 Å². The van der Waals surface area contributed by atoms with Crippen molar-refractivity contribution in [2.45, 2.75) is 26.4 Å². The molecule has 0 amide bonds. The Morgan fingerprint density at radius 1 is 1.26 bits per heavy atom. The molecule has 0 saturated carbocycles. The molecule has 0 aliphatic rings. The van der Waals surface area contributed by atoms with Crippen LogP contribution in [0.2, 0.25) is 5.02 Å². The van der Waals surface area contributed by atoms with Crippen LogP contribution < -0.4 is 0 Å². The Kier molecular flexibility index (Phi) is 4.12. The monoisotopic (exact) mass is 280 g/mol. The minimum absolute atomic E-state index is 0.0795. The molecule has 0 saturated heterocycles. The summed E-state index contributed by atoms with van der Waals surface area (Å²) < 4.78 is 13.3. The van der Waals surface area contributed by atoms with Crippen molar-refractivity contribution in [1.82, 2.24) is 10.2 Å². The third-order valence-electron chi connectivity index (χ3n) is 2.91. The molecule has 0 bridgehead atoms. The van der Waals surface area contributed by atoms with Gasteiger partial charge in [-0.05, 0) is 37.6 Å². The fraction of sp³-hybridized carbons (Fsp3) is 0.286. The quantitative estimate of drug-likeness (QED) is 0.939. The minimum atomic E-state index is -0.741. The summed E-state index contributed by atoms with van der Waals surface area (Å²) in [5.41, 5.74) is 2.81. The molecule has 1 unspecified atom stereocenters. The molecule has 2 rings (SSSR count). The number of rotatable bonds is 3. The summed E-state index contributed by atoms with van der Waals surface area (Å²) in [7, 11) is 0. The average Bonchev–Trinajstić information content (AvgIpc) is 2.36. The number of nitrogens with zero attached hydrogens (tertiary/aromatic N) is 2. The first-order chi connectivity index (χ1) is 8.97. The van der Waals surface area contributed by atoms with Gasteiger partial charge < -0.3 is 5.11 Å². The lowest BCUT2D eigenvalue weighted by molar-refractivity contribution is 0.177. The molecule has 5 heteroatoms. The minimum Gasteiger partial charge on any atom is -0.388 e. The molecule has 0 aliphatic heterocycles. The molecule has 1 aromatic heterocycles. The second-order valence-electron chi connectivity index (χ2n) is 4.49. The molecule has 100 valence electrons. The predicted molar refractivity (Wildman–Crippen MR) is 71.6 cm³/mol. The molecule has 0 fully saturated rings.